The van der Waals surface area contributed by atoms with E-state index in [9.17, 15) is 4.79 Å². The largest absolute Gasteiger partial charge is 0.497 e. The summed E-state index contributed by atoms with van der Waals surface area (Å²) in [4.78, 5) is 18.5. The van der Waals surface area contributed by atoms with Crippen molar-refractivity contribution >= 4 is 16.6 Å². The fraction of sp³-hybridized carbons (Fsp3) is 0.0909. The molecule has 0 amide bonds. The normalized spacial score (nSPS) is 11.1. The molecule has 0 spiro atoms. The van der Waals surface area contributed by atoms with Crippen LogP contribution in [-0.2, 0) is 0 Å². The Labute approximate surface area is 90.3 Å². The first kappa shape index (κ1) is 8.96. The van der Waals surface area contributed by atoms with Gasteiger partial charge in [-0.15, -0.1) is 0 Å². The van der Waals surface area contributed by atoms with E-state index in [2.05, 4.69) is 9.97 Å². The summed E-state index contributed by atoms with van der Waals surface area (Å²) in [5, 5.41) is 0. The molecule has 0 fully saturated rings. The second-order valence-corrected chi connectivity index (χ2v) is 3.49. The molecule has 0 aliphatic heterocycles. The van der Waals surface area contributed by atoms with Crippen LogP contribution in [0.25, 0.3) is 16.6 Å². The van der Waals surface area contributed by atoms with Gasteiger partial charge in [-0.3, -0.25) is 9.20 Å². The summed E-state index contributed by atoms with van der Waals surface area (Å²) in [5.41, 5.74) is 2.01. The van der Waals surface area contributed by atoms with Crippen LogP contribution in [0.4, 0.5) is 0 Å². The Bertz CT molecular complexity index is 727. The molecule has 0 bridgehead atoms. The predicted octanol–water partition coefficient (Wildman–Crippen LogP) is 1.18. The maximum atomic E-state index is 11.7. The van der Waals surface area contributed by atoms with Gasteiger partial charge in [-0.2, -0.15) is 0 Å². The van der Waals surface area contributed by atoms with Crippen molar-refractivity contribution in [3.8, 4) is 5.75 Å². The number of hydrogen-bond donors (Lipinski definition) is 1. The molecule has 5 heteroatoms. The topological polar surface area (TPSA) is 59.4 Å². The summed E-state index contributed by atoms with van der Waals surface area (Å²) in [6.07, 6.45) is 3.17. The summed E-state index contributed by atoms with van der Waals surface area (Å²) in [5.74, 6) is 0.711. The number of hydrogen-bond acceptors (Lipinski definition) is 3. The zero-order valence-corrected chi connectivity index (χ0v) is 8.60. The van der Waals surface area contributed by atoms with Crippen molar-refractivity contribution in [2.24, 2.45) is 0 Å². The van der Waals surface area contributed by atoms with Crippen LogP contribution < -0.4 is 10.3 Å². The predicted molar refractivity (Wildman–Crippen MR) is 59.9 cm³/mol. The Morgan fingerprint density at radius 1 is 1.38 bits per heavy atom. The lowest BCUT2D eigenvalue weighted by atomic mass is 10.3. The molecule has 80 valence electrons. The minimum atomic E-state index is -0.154. The van der Waals surface area contributed by atoms with E-state index >= 15 is 0 Å². The highest BCUT2D eigenvalue weighted by Gasteiger charge is 2.05. The average Bonchev–Trinajstić information content (AvgIpc) is 2.78. The number of aromatic nitrogens is 3. The molecule has 0 radical (unpaired) electrons. The van der Waals surface area contributed by atoms with Crippen LogP contribution in [-0.4, -0.2) is 21.5 Å². The highest BCUT2D eigenvalue weighted by molar-refractivity contribution is 5.79. The molecule has 0 aliphatic rings. The number of ether oxygens (including phenoxy) is 1. The third-order valence-electron chi connectivity index (χ3n) is 2.58. The Balaban J connectivity index is 2.53. The summed E-state index contributed by atoms with van der Waals surface area (Å²) in [7, 11) is 1.59. The lowest BCUT2D eigenvalue weighted by molar-refractivity contribution is 0.415. The van der Waals surface area contributed by atoms with Crippen molar-refractivity contribution in [3.05, 3.63) is 41.1 Å². The molecule has 0 aliphatic carbocycles. The first-order valence-corrected chi connectivity index (χ1v) is 4.82. The molecule has 2 aromatic heterocycles. The van der Waals surface area contributed by atoms with Crippen LogP contribution in [0.2, 0.25) is 0 Å². The number of rotatable bonds is 1. The fourth-order valence-electron chi connectivity index (χ4n) is 1.79. The molecular formula is C11H9N3O2. The van der Waals surface area contributed by atoms with Gasteiger partial charge < -0.3 is 9.72 Å². The van der Waals surface area contributed by atoms with E-state index in [0.717, 1.165) is 11.0 Å². The van der Waals surface area contributed by atoms with Crippen LogP contribution >= 0.6 is 0 Å². The average molecular weight is 215 g/mol. The summed E-state index contributed by atoms with van der Waals surface area (Å²) in [6, 6.07) is 5.52. The zero-order chi connectivity index (χ0) is 11.1. The first-order valence-electron chi connectivity index (χ1n) is 4.82. The second-order valence-electron chi connectivity index (χ2n) is 3.49. The molecule has 0 saturated heterocycles. The number of H-pyrrole nitrogens is 1. The van der Waals surface area contributed by atoms with Gasteiger partial charge in [0, 0.05) is 6.07 Å². The first-order chi connectivity index (χ1) is 7.79. The van der Waals surface area contributed by atoms with Crippen LogP contribution in [0.1, 0.15) is 0 Å². The van der Waals surface area contributed by atoms with E-state index < -0.39 is 0 Å². The van der Waals surface area contributed by atoms with Crippen molar-refractivity contribution in [3.63, 3.8) is 0 Å². The Morgan fingerprint density at radius 2 is 2.25 bits per heavy atom. The second kappa shape index (κ2) is 3.10. The molecule has 2 heterocycles. The van der Waals surface area contributed by atoms with Gasteiger partial charge >= 0.3 is 0 Å². The summed E-state index contributed by atoms with van der Waals surface area (Å²) >= 11 is 0. The number of nitrogens with zero attached hydrogens (tertiary/aromatic N) is 2. The van der Waals surface area contributed by atoms with E-state index in [1.54, 1.807) is 30.1 Å². The van der Waals surface area contributed by atoms with Crippen molar-refractivity contribution in [1.29, 1.82) is 0 Å². The van der Waals surface area contributed by atoms with Gasteiger partial charge in [-0.25, -0.2) is 4.98 Å². The standard InChI is InChI=1S/C11H9N3O2/c1-16-7-2-3-9-8(4-7)13-11(15)10-5-12-6-14(9)10/h2-6H,1H3,(H,13,15). The molecule has 1 aromatic carbocycles. The highest BCUT2D eigenvalue weighted by atomic mass is 16.5. The number of imidazole rings is 1. The van der Waals surface area contributed by atoms with Gasteiger partial charge in [0.1, 0.15) is 11.3 Å². The lowest BCUT2D eigenvalue weighted by Gasteiger charge is -2.04. The minimum Gasteiger partial charge on any atom is -0.497 e. The van der Waals surface area contributed by atoms with Gasteiger partial charge in [0.05, 0.1) is 30.7 Å². The van der Waals surface area contributed by atoms with E-state index in [1.807, 2.05) is 12.1 Å². The van der Waals surface area contributed by atoms with Crippen molar-refractivity contribution in [2.45, 2.75) is 0 Å². The van der Waals surface area contributed by atoms with Crippen LogP contribution in [0.5, 0.6) is 5.75 Å². The molecule has 16 heavy (non-hydrogen) atoms. The van der Waals surface area contributed by atoms with Crippen LogP contribution in [0.3, 0.4) is 0 Å². The Morgan fingerprint density at radius 3 is 3.06 bits per heavy atom. The summed E-state index contributed by atoms with van der Waals surface area (Å²) < 4.78 is 6.87. The summed E-state index contributed by atoms with van der Waals surface area (Å²) in [6.45, 7) is 0. The molecule has 5 nitrogen and oxygen atoms in total. The van der Waals surface area contributed by atoms with Gasteiger partial charge in [-0.05, 0) is 12.1 Å². The molecular weight excluding hydrogens is 206 g/mol. The van der Waals surface area contributed by atoms with E-state index in [1.165, 1.54) is 0 Å². The van der Waals surface area contributed by atoms with Crippen LogP contribution in [0.15, 0.2) is 35.5 Å². The fourth-order valence-corrected chi connectivity index (χ4v) is 1.79. The SMILES string of the molecule is COc1ccc2c(c1)[nH]c(=O)c1cncn12. The van der Waals surface area contributed by atoms with Gasteiger partial charge in [0.25, 0.3) is 5.56 Å². The van der Waals surface area contributed by atoms with Crippen molar-refractivity contribution in [2.75, 3.05) is 7.11 Å². The molecule has 0 atom stereocenters. The molecule has 0 saturated carbocycles. The lowest BCUT2D eigenvalue weighted by Crippen LogP contribution is -2.09. The van der Waals surface area contributed by atoms with Gasteiger partial charge in [-0.1, -0.05) is 0 Å². The number of benzene rings is 1. The maximum absolute atomic E-state index is 11.7. The van der Waals surface area contributed by atoms with Gasteiger partial charge in [0.15, 0.2) is 0 Å². The third kappa shape index (κ3) is 1.11. The smallest absolute Gasteiger partial charge is 0.274 e. The molecule has 1 N–H and O–H groups in total. The minimum absolute atomic E-state index is 0.154. The molecule has 3 rings (SSSR count). The van der Waals surface area contributed by atoms with E-state index in [4.69, 9.17) is 4.74 Å². The number of fused-ring (bicyclic) bond motifs is 3. The van der Waals surface area contributed by atoms with E-state index in [-0.39, 0.29) is 5.56 Å². The highest BCUT2D eigenvalue weighted by Crippen LogP contribution is 2.18. The zero-order valence-electron chi connectivity index (χ0n) is 8.60. The Hall–Kier alpha value is -2.30. The number of aromatic amines is 1. The van der Waals surface area contributed by atoms with Crippen molar-refractivity contribution < 1.29 is 4.74 Å². The monoisotopic (exact) mass is 215 g/mol. The quantitative estimate of drug-likeness (QED) is 0.663. The number of methoxy groups -OCH3 is 1. The molecule has 3 aromatic rings. The van der Waals surface area contributed by atoms with Crippen LogP contribution in [0, 0.1) is 0 Å². The number of nitrogens with one attached hydrogen (secondary N) is 1. The molecule has 0 unspecified atom stereocenters. The van der Waals surface area contributed by atoms with Gasteiger partial charge in [0.2, 0.25) is 0 Å². The van der Waals surface area contributed by atoms with E-state index in [0.29, 0.717) is 11.3 Å². The van der Waals surface area contributed by atoms with Crippen molar-refractivity contribution in [1.82, 2.24) is 14.4 Å². The third-order valence-corrected chi connectivity index (χ3v) is 2.58. The Kier molecular flexibility index (Phi) is 1.73. The maximum Gasteiger partial charge on any atom is 0.274 e.